The van der Waals surface area contributed by atoms with E-state index in [0.29, 0.717) is 0 Å². The maximum Gasteiger partial charge on any atom is 0.00771 e. The maximum absolute atomic E-state index is 2.22. The van der Waals surface area contributed by atoms with Crippen LogP contribution in [-0.4, -0.2) is 0 Å². The van der Waals surface area contributed by atoms with Gasteiger partial charge in [-0.1, -0.05) is 0 Å². The molecule has 1 aliphatic rings. The van der Waals surface area contributed by atoms with E-state index in [9.17, 15) is 0 Å². The Kier molecular flexibility index (Phi) is 1.53. The zero-order valence-electron chi connectivity index (χ0n) is 6.26. The van der Waals surface area contributed by atoms with Gasteiger partial charge in [0.1, 0.15) is 0 Å². The molecule has 2 rings (SSSR count). The van der Waals surface area contributed by atoms with Gasteiger partial charge in [0, 0.05) is 4.88 Å². The third-order valence-electron chi connectivity index (χ3n) is 2.14. The van der Waals surface area contributed by atoms with Crippen molar-refractivity contribution >= 4 is 11.3 Å². The van der Waals surface area contributed by atoms with Crippen LogP contribution in [0.2, 0.25) is 0 Å². The lowest BCUT2D eigenvalue weighted by molar-refractivity contribution is 0.841. The molecule has 0 nitrogen and oxygen atoms in total. The van der Waals surface area contributed by atoms with Gasteiger partial charge in [-0.2, -0.15) is 0 Å². The molecule has 54 valence electrons. The van der Waals surface area contributed by atoms with Crippen molar-refractivity contribution in [3.05, 3.63) is 21.9 Å². The average molecular weight is 152 g/mol. The summed E-state index contributed by atoms with van der Waals surface area (Å²) in [5, 5.41) is 2.20. The fourth-order valence-electron chi connectivity index (χ4n) is 1.20. The quantitative estimate of drug-likeness (QED) is 0.611. The molecule has 10 heavy (non-hydrogen) atoms. The van der Waals surface area contributed by atoms with Crippen molar-refractivity contribution in [2.75, 3.05) is 0 Å². The molecule has 1 fully saturated rings. The van der Waals surface area contributed by atoms with Crippen LogP contribution in [0.1, 0.15) is 23.3 Å². The van der Waals surface area contributed by atoms with Gasteiger partial charge in [0.15, 0.2) is 0 Å². The Labute approximate surface area is 65.9 Å². The molecule has 0 bridgehead atoms. The van der Waals surface area contributed by atoms with Gasteiger partial charge >= 0.3 is 0 Å². The Balaban J connectivity index is 2.08. The Morgan fingerprint density at radius 3 is 2.90 bits per heavy atom. The minimum atomic E-state index is 1.04. The third kappa shape index (κ3) is 1.24. The molecule has 1 aromatic heterocycles. The summed E-state index contributed by atoms with van der Waals surface area (Å²) in [6.45, 7) is 2.22. The first kappa shape index (κ1) is 6.41. The fraction of sp³-hybridized carbons (Fsp3) is 0.556. The van der Waals surface area contributed by atoms with Gasteiger partial charge in [0.05, 0.1) is 0 Å². The summed E-state index contributed by atoms with van der Waals surface area (Å²) in [6, 6.07) is 2.22. The third-order valence-corrected chi connectivity index (χ3v) is 3.18. The molecule has 0 amide bonds. The van der Waals surface area contributed by atoms with Crippen LogP contribution in [0.15, 0.2) is 11.4 Å². The summed E-state index contributed by atoms with van der Waals surface area (Å²) < 4.78 is 0. The van der Waals surface area contributed by atoms with Crippen LogP contribution in [0.4, 0.5) is 0 Å². The molecule has 1 aliphatic carbocycles. The largest absolute Gasteiger partial charge is 0.149 e. The Morgan fingerprint density at radius 1 is 1.60 bits per heavy atom. The Bertz CT molecular complexity index is 220. The van der Waals surface area contributed by atoms with E-state index < -0.39 is 0 Å². The normalized spacial score (nSPS) is 17.7. The van der Waals surface area contributed by atoms with Crippen LogP contribution in [0.3, 0.4) is 0 Å². The summed E-state index contributed by atoms with van der Waals surface area (Å²) in [5.41, 5.74) is 1.50. The van der Waals surface area contributed by atoms with E-state index in [1.165, 1.54) is 24.8 Å². The van der Waals surface area contributed by atoms with Crippen LogP contribution >= 0.6 is 11.3 Å². The lowest BCUT2D eigenvalue weighted by Crippen LogP contribution is -1.83. The molecule has 0 spiro atoms. The second-order valence-electron chi connectivity index (χ2n) is 3.17. The van der Waals surface area contributed by atoms with Gasteiger partial charge in [-0.05, 0) is 49.1 Å². The lowest BCUT2D eigenvalue weighted by atomic mass is 10.2. The smallest absolute Gasteiger partial charge is 0.00771 e. The number of thiophene rings is 1. The molecule has 0 saturated heterocycles. The lowest BCUT2D eigenvalue weighted by Gasteiger charge is -1.94. The first-order valence-corrected chi connectivity index (χ1v) is 4.77. The number of aryl methyl sites for hydroxylation is 1. The van der Waals surface area contributed by atoms with Crippen LogP contribution < -0.4 is 0 Å². The molecule has 0 aliphatic heterocycles. The molecule has 1 saturated carbocycles. The minimum absolute atomic E-state index is 1.04. The van der Waals surface area contributed by atoms with E-state index in [0.717, 1.165) is 5.92 Å². The van der Waals surface area contributed by atoms with Crippen molar-refractivity contribution in [2.24, 2.45) is 5.92 Å². The highest BCUT2D eigenvalue weighted by Crippen LogP contribution is 2.34. The van der Waals surface area contributed by atoms with Crippen molar-refractivity contribution < 1.29 is 0 Å². The van der Waals surface area contributed by atoms with Gasteiger partial charge in [-0.3, -0.25) is 0 Å². The number of rotatable bonds is 2. The molecule has 0 N–H and O–H groups in total. The van der Waals surface area contributed by atoms with Gasteiger partial charge < -0.3 is 0 Å². The molecule has 1 heteroatoms. The SMILES string of the molecule is Cc1ccsc1CC1CC1. The van der Waals surface area contributed by atoms with Crippen molar-refractivity contribution in [3.63, 3.8) is 0 Å². The first-order valence-electron chi connectivity index (χ1n) is 3.89. The zero-order valence-corrected chi connectivity index (χ0v) is 7.08. The van der Waals surface area contributed by atoms with Crippen LogP contribution in [-0.2, 0) is 6.42 Å². The van der Waals surface area contributed by atoms with Crippen molar-refractivity contribution in [1.82, 2.24) is 0 Å². The van der Waals surface area contributed by atoms with Crippen LogP contribution in [0.25, 0.3) is 0 Å². The average Bonchev–Trinajstić information content (AvgIpc) is 2.62. The molecular weight excluding hydrogens is 140 g/mol. The second-order valence-corrected chi connectivity index (χ2v) is 4.17. The van der Waals surface area contributed by atoms with Crippen molar-refractivity contribution in [1.29, 1.82) is 0 Å². The predicted octanol–water partition coefficient (Wildman–Crippen LogP) is 3.01. The van der Waals surface area contributed by atoms with Gasteiger partial charge in [-0.15, -0.1) is 11.3 Å². The zero-order chi connectivity index (χ0) is 6.97. The highest BCUT2D eigenvalue weighted by Gasteiger charge is 2.22. The van der Waals surface area contributed by atoms with Gasteiger partial charge in [0.2, 0.25) is 0 Å². The highest BCUT2D eigenvalue weighted by molar-refractivity contribution is 7.10. The number of hydrogen-bond donors (Lipinski definition) is 0. The first-order chi connectivity index (χ1) is 4.86. The van der Waals surface area contributed by atoms with E-state index in [2.05, 4.69) is 18.4 Å². The van der Waals surface area contributed by atoms with Crippen molar-refractivity contribution in [3.8, 4) is 0 Å². The summed E-state index contributed by atoms with van der Waals surface area (Å²) in [7, 11) is 0. The van der Waals surface area contributed by atoms with Crippen LogP contribution in [0.5, 0.6) is 0 Å². The summed E-state index contributed by atoms with van der Waals surface area (Å²) >= 11 is 1.92. The molecule has 0 aromatic carbocycles. The Hall–Kier alpha value is -0.300. The summed E-state index contributed by atoms with van der Waals surface area (Å²) in [6.07, 6.45) is 4.29. The summed E-state index contributed by atoms with van der Waals surface area (Å²) in [5.74, 6) is 1.04. The molecule has 0 unspecified atom stereocenters. The monoisotopic (exact) mass is 152 g/mol. The van der Waals surface area contributed by atoms with E-state index in [-0.39, 0.29) is 0 Å². The molecule has 0 atom stereocenters. The van der Waals surface area contributed by atoms with E-state index in [1.807, 2.05) is 11.3 Å². The van der Waals surface area contributed by atoms with Crippen LogP contribution in [0, 0.1) is 12.8 Å². The number of hydrogen-bond acceptors (Lipinski definition) is 1. The summed E-state index contributed by atoms with van der Waals surface area (Å²) in [4.78, 5) is 1.61. The van der Waals surface area contributed by atoms with E-state index >= 15 is 0 Å². The molecular formula is C9H12S. The predicted molar refractivity (Wildman–Crippen MR) is 45.5 cm³/mol. The highest BCUT2D eigenvalue weighted by atomic mass is 32.1. The molecule has 0 radical (unpaired) electrons. The van der Waals surface area contributed by atoms with E-state index in [1.54, 1.807) is 4.88 Å². The van der Waals surface area contributed by atoms with E-state index in [4.69, 9.17) is 0 Å². The van der Waals surface area contributed by atoms with Gasteiger partial charge in [0.25, 0.3) is 0 Å². The maximum atomic E-state index is 2.22. The molecule has 1 heterocycles. The molecule has 1 aromatic rings. The van der Waals surface area contributed by atoms with Gasteiger partial charge in [-0.25, -0.2) is 0 Å². The van der Waals surface area contributed by atoms with Crippen molar-refractivity contribution in [2.45, 2.75) is 26.2 Å². The fourth-order valence-corrected chi connectivity index (χ4v) is 2.22. The standard InChI is InChI=1S/C9H12S/c1-7-4-5-10-9(7)6-8-2-3-8/h4-5,8H,2-3,6H2,1H3. The topological polar surface area (TPSA) is 0 Å². The minimum Gasteiger partial charge on any atom is -0.149 e. The second kappa shape index (κ2) is 2.39. The Morgan fingerprint density at radius 2 is 2.40 bits per heavy atom.